The number of halogens is 1. The van der Waals surface area contributed by atoms with E-state index in [1.807, 2.05) is 11.3 Å². The molecule has 0 spiro atoms. The van der Waals surface area contributed by atoms with Gasteiger partial charge in [0.15, 0.2) is 0 Å². The van der Waals surface area contributed by atoms with Crippen molar-refractivity contribution < 1.29 is 0 Å². The predicted molar refractivity (Wildman–Crippen MR) is 63.3 cm³/mol. The van der Waals surface area contributed by atoms with Crippen molar-refractivity contribution in [3.05, 3.63) is 20.8 Å². The molecule has 0 aliphatic carbocycles. The number of nitrogens with two attached hydrogens (primary N) is 1. The molecule has 1 unspecified atom stereocenters. The molecule has 3 heteroatoms. The van der Waals surface area contributed by atoms with Crippen molar-refractivity contribution in [2.75, 3.05) is 6.54 Å². The summed E-state index contributed by atoms with van der Waals surface area (Å²) in [5.74, 6) is 1.30. The zero-order valence-electron chi connectivity index (χ0n) is 8.09. The van der Waals surface area contributed by atoms with Crippen LogP contribution in [0.15, 0.2) is 15.9 Å². The molecule has 0 aromatic carbocycles. The molecule has 0 bridgehead atoms. The lowest BCUT2D eigenvalue weighted by Gasteiger charge is -2.18. The summed E-state index contributed by atoms with van der Waals surface area (Å²) in [6, 6.07) is 2.21. The molecule has 0 fully saturated rings. The van der Waals surface area contributed by atoms with Gasteiger partial charge in [0.2, 0.25) is 0 Å². The minimum absolute atomic E-state index is 0.626. The first-order chi connectivity index (χ1) is 6.15. The van der Waals surface area contributed by atoms with Crippen molar-refractivity contribution in [1.82, 2.24) is 0 Å². The second-order valence-corrected chi connectivity index (χ2v) is 5.45. The number of hydrogen-bond donors (Lipinski definition) is 1. The fourth-order valence-corrected chi connectivity index (χ4v) is 3.26. The van der Waals surface area contributed by atoms with E-state index in [0.717, 1.165) is 13.0 Å². The third-order valence-corrected chi connectivity index (χ3v) is 4.06. The highest BCUT2D eigenvalue weighted by atomic mass is 79.9. The van der Waals surface area contributed by atoms with Crippen LogP contribution in [-0.4, -0.2) is 6.54 Å². The lowest BCUT2D eigenvalue weighted by Crippen LogP contribution is -2.11. The van der Waals surface area contributed by atoms with Crippen LogP contribution in [0.3, 0.4) is 0 Å². The van der Waals surface area contributed by atoms with Crippen LogP contribution in [0.25, 0.3) is 0 Å². The largest absolute Gasteiger partial charge is 0.330 e. The van der Waals surface area contributed by atoms with E-state index in [4.69, 9.17) is 5.73 Å². The van der Waals surface area contributed by atoms with E-state index in [0.29, 0.717) is 11.8 Å². The van der Waals surface area contributed by atoms with Crippen LogP contribution >= 0.6 is 27.3 Å². The monoisotopic (exact) mass is 261 g/mol. The molecule has 0 aliphatic rings. The maximum atomic E-state index is 5.60. The van der Waals surface area contributed by atoms with E-state index < -0.39 is 0 Å². The first-order valence-electron chi connectivity index (χ1n) is 4.59. The lowest BCUT2D eigenvalue weighted by molar-refractivity contribution is 0.480. The Morgan fingerprint density at radius 1 is 1.54 bits per heavy atom. The van der Waals surface area contributed by atoms with Gasteiger partial charge in [-0.3, -0.25) is 0 Å². The Morgan fingerprint density at radius 2 is 2.23 bits per heavy atom. The SMILES string of the molecule is CC(C)C(CCN)c1cc(Br)cs1. The fourth-order valence-electron chi connectivity index (χ4n) is 1.51. The highest BCUT2D eigenvalue weighted by Crippen LogP contribution is 2.33. The Morgan fingerprint density at radius 3 is 2.62 bits per heavy atom. The lowest BCUT2D eigenvalue weighted by atomic mass is 9.91. The maximum Gasteiger partial charge on any atom is 0.0285 e. The van der Waals surface area contributed by atoms with Crippen LogP contribution in [0.2, 0.25) is 0 Å². The topological polar surface area (TPSA) is 26.0 Å². The third-order valence-electron chi connectivity index (χ3n) is 2.24. The Bertz CT molecular complexity index is 257. The number of thiophene rings is 1. The normalized spacial score (nSPS) is 13.6. The summed E-state index contributed by atoms with van der Waals surface area (Å²) < 4.78 is 1.19. The van der Waals surface area contributed by atoms with Gasteiger partial charge in [0.1, 0.15) is 0 Å². The van der Waals surface area contributed by atoms with Crippen molar-refractivity contribution in [1.29, 1.82) is 0 Å². The summed E-state index contributed by atoms with van der Waals surface area (Å²) in [7, 11) is 0. The molecule has 1 rings (SSSR count). The second-order valence-electron chi connectivity index (χ2n) is 3.60. The van der Waals surface area contributed by atoms with Gasteiger partial charge in [0.05, 0.1) is 0 Å². The van der Waals surface area contributed by atoms with Gasteiger partial charge in [-0.05, 0) is 46.8 Å². The summed E-state index contributed by atoms with van der Waals surface area (Å²) in [5, 5.41) is 2.14. The summed E-state index contributed by atoms with van der Waals surface area (Å²) >= 11 is 5.30. The van der Waals surface area contributed by atoms with Gasteiger partial charge in [0, 0.05) is 14.7 Å². The van der Waals surface area contributed by atoms with Crippen LogP contribution in [-0.2, 0) is 0 Å². The Labute approximate surface area is 92.5 Å². The molecule has 0 radical (unpaired) electrons. The van der Waals surface area contributed by atoms with Crippen LogP contribution in [0.1, 0.15) is 31.1 Å². The van der Waals surface area contributed by atoms with E-state index in [2.05, 4.69) is 41.2 Å². The molecule has 2 N–H and O–H groups in total. The molecule has 0 aliphatic heterocycles. The summed E-state index contributed by atoms with van der Waals surface area (Å²) in [6.07, 6.45) is 1.09. The molecule has 1 aromatic heterocycles. The number of hydrogen-bond acceptors (Lipinski definition) is 2. The smallest absolute Gasteiger partial charge is 0.0285 e. The first-order valence-corrected chi connectivity index (χ1v) is 6.26. The molecule has 74 valence electrons. The average molecular weight is 262 g/mol. The van der Waals surface area contributed by atoms with Gasteiger partial charge in [0.25, 0.3) is 0 Å². The Balaban J connectivity index is 2.75. The van der Waals surface area contributed by atoms with Crippen LogP contribution in [0.5, 0.6) is 0 Å². The highest BCUT2D eigenvalue weighted by Gasteiger charge is 2.16. The molecule has 13 heavy (non-hydrogen) atoms. The van der Waals surface area contributed by atoms with Crippen LogP contribution < -0.4 is 5.73 Å². The molecule has 1 atom stereocenters. The van der Waals surface area contributed by atoms with Gasteiger partial charge >= 0.3 is 0 Å². The van der Waals surface area contributed by atoms with Gasteiger partial charge in [-0.1, -0.05) is 13.8 Å². The van der Waals surface area contributed by atoms with Crippen molar-refractivity contribution in [2.45, 2.75) is 26.2 Å². The summed E-state index contributed by atoms with van der Waals surface area (Å²) in [5.41, 5.74) is 5.60. The van der Waals surface area contributed by atoms with E-state index in [1.54, 1.807) is 0 Å². The van der Waals surface area contributed by atoms with Gasteiger partial charge in [-0.15, -0.1) is 11.3 Å². The second kappa shape index (κ2) is 5.13. The van der Waals surface area contributed by atoms with E-state index in [1.165, 1.54) is 9.35 Å². The summed E-state index contributed by atoms with van der Waals surface area (Å²) in [6.45, 7) is 5.29. The highest BCUT2D eigenvalue weighted by molar-refractivity contribution is 9.10. The van der Waals surface area contributed by atoms with Crippen molar-refractivity contribution in [2.24, 2.45) is 11.7 Å². The van der Waals surface area contributed by atoms with E-state index in [9.17, 15) is 0 Å². The van der Waals surface area contributed by atoms with Gasteiger partial charge in [-0.25, -0.2) is 0 Å². The predicted octanol–water partition coefficient (Wildman–Crippen LogP) is 3.60. The molecular formula is C10H16BrNS. The molecule has 1 heterocycles. The Kier molecular flexibility index (Phi) is 4.42. The molecule has 0 saturated heterocycles. The minimum Gasteiger partial charge on any atom is -0.330 e. The first kappa shape index (κ1) is 11.2. The fraction of sp³-hybridized carbons (Fsp3) is 0.600. The minimum atomic E-state index is 0.626. The zero-order valence-corrected chi connectivity index (χ0v) is 10.5. The third kappa shape index (κ3) is 3.08. The van der Waals surface area contributed by atoms with E-state index >= 15 is 0 Å². The molecular weight excluding hydrogens is 246 g/mol. The molecule has 0 saturated carbocycles. The molecule has 1 nitrogen and oxygen atoms in total. The van der Waals surface area contributed by atoms with Crippen molar-refractivity contribution in [3.63, 3.8) is 0 Å². The molecule has 1 aromatic rings. The Hall–Kier alpha value is 0.140. The average Bonchev–Trinajstić information content (AvgIpc) is 2.46. The van der Waals surface area contributed by atoms with E-state index in [-0.39, 0.29) is 0 Å². The van der Waals surface area contributed by atoms with Gasteiger partial charge in [-0.2, -0.15) is 0 Å². The summed E-state index contributed by atoms with van der Waals surface area (Å²) in [4.78, 5) is 1.45. The van der Waals surface area contributed by atoms with Crippen LogP contribution in [0, 0.1) is 5.92 Å². The van der Waals surface area contributed by atoms with Crippen molar-refractivity contribution >= 4 is 27.3 Å². The molecule has 0 amide bonds. The van der Waals surface area contributed by atoms with Gasteiger partial charge < -0.3 is 5.73 Å². The van der Waals surface area contributed by atoms with Crippen LogP contribution in [0.4, 0.5) is 0 Å². The maximum absolute atomic E-state index is 5.60. The van der Waals surface area contributed by atoms with Crippen molar-refractivity contribution in [3.8, 4) is 0 Å². The zero-order chi connectivity index (χ0) is 9.84. The number of rotatable bonds is 4. The standard InChI is InChI=1S/C10H16BrNS/c1-7(2)9(3-4-12)10-5-8(11)6-13-10/h5-7,9H,3-4,12H2,1-2H3. The quantitative estimate of drug-likeness (QED) is 0.881.